The average Bonchev–Trinajstić information content (AvgIpc) is 3.35. The molecule has 1 aliphatic carbocycles. The largest absolute Gasteiger partial charge is 0.496 e. The summed E-state index contributed by atoms with van der Waals surface area (Å²) in [5.41, 5.74) is 1.12. The molecule has 0 saturated heterocycles. The molecule has 0 aromatic heterocycles. The third-order valence-corrected chi connectivity index (χ3v) is 4.45. The molecule has 0 unspecified atom stereocenters. The molecule has 6 heteroatoms. The SMILES string of the molecule is COc1cc(C2(C(=O)NCCCNC(=O)OC(C)(C)C)CC2)ccc1C. The third-order valence-electron chi connectivity index (χ3n) is 4.45. The number of amides is 2. The Hall–Kier alpha value is -2.24. The highest BCUT2D eigenvalue weighted by Gasteiger charge is 2.51. The van der Waals surface area contributed by atoms with Gasteiger partial charge in [0, 0.05) is 13.1 Å². The van der Waals surface area contributed by atoms with E-state index in [9.17, 15) is 9.59 Å². The van der Waals surface area contributed by atoms with Crippen LogP contribution in [0.1, 0.15) is 51.2 Å². The van der Waals surface area contributed by atoms with Crippen LogP contribution in [0.25, 0.3) is 0 Å². The van der Waals surface area contributed by atoms with Gasteiger partial charge in [-0.3, -0.25) is 4.79 Å². The average molecular weight is 362 g/mol. The second-order valence-electron chi connectivity index (χ2n) is 7.80. The predicted octanol–water partition coefficient (Wildman–Crippen LogP) is 3.07. The molecule has 1 saturated carbocycles. The number of hydrogen-bond acceptors (Lipinski definition) is 4. The monoisotopic (exact) mass is 362 g/mol. The van der Waals surface area contributed by atoms with Gasteiger partial charge in [-0.2, -0.15) is 0 Å². The highest BCUT2D eigenvalue weighted by Crippen LogP contribution is 2.49. The summed E-state index contributed by atoms with van der Waals surface area (Å²) in [6, 6.07) is 5.97. The quantitative estimate of drug-likeness (QED) is 0.731. The Balaban J connectivity index is 1.79. The van der Waals surface area contributed by atoms with Gasteiger partial charge in [0.05, 0.1) is 12.5 Å². The lowest BCUT2D eigenvalue weighted by Gasteiger charge is -2.20. The van der Waals surface area contributed by atoms with Gasteiger partial charge in [0.15, 0.2) is 0 Å². The van der Waals surface area contributed by atoms with Crippen molar-refractivity contribution in [1.82, 2.24) is 10.6 Å². The van der Waals surface area contributed by atoms with Crippen molar-refractivity contribution in [2.75, 3.05) is 20.2 Å². The molecule has 0 spiro atoms. The molecular weight excluding hydrogens is 332 g/mol. The summed E-state index contributed by atoms with van der Waals surface area (Å²) in [7, 11) is 1.64. The number of carbonyl (C=O) groups excluding carboxylic acids is 2. The van der Waals surface area contributed by atoms with Gasteiger partial charge in [0.2, 0.25) is 5.91 Å². The first-order valence-corrected chi connectivity index (χ1v) is 9.08. The third kappa shape index (κ3) is 5.13. The van der Waals surface area contributed by atoms with Crippen molar-refractivity contribution in [3.05, 3.63) is 29.3 Å². The summed E-state index contributed by atoms with van der Waals surface area (Å²) >= 11 is 0. The zero-order valence-corrected chi connectivity index (χ0v) is 16.4. The van der Waals surface area contributed by atoms with E-state index in [-0.39, 0.29) is 5.91 Å². The van der Waals surface area contributed by atoms with Crippen molar-refractivity contribution in [3.63, 3.8) is 0 Å². The maximum atomic E-state index is 12.6. The zero-order valence-electron chi connectivity index (χ0n) is 16.4. The van der Waals surface area contributed by atoms with Gasteiger partial charge in [0.1, 0.15) is 11.4 Å². The minimum Gasteiger partial charge on any atom is -0.496 e. The van der Waals surface area contributed by atoms with Gasteiger partial charge in [0.25, 0.3) is 0 Å². The first-order chi connectivity index (χ1) is 12.2. The lowest BCUT2D eigenvalue weighted by Crippen LogP contribution is -2.37. The number of nitrogens with one attached hydrogen (secondary N) is 2. The lowest BCUT2D eigenvalue weighted by molar-refractivity contribution is -0.123. The van der Waals surface area contributed by atoms with E-state index in [4.69, 9.17) is 9.47 Å². The Kier molecular flexibility index (Phi) is 6.16. The van der Waals surface area contributed by atoms with E-state index < -0.39 is 17.1 Å². The van der Waals surface area contributed by atoms with Crippen LogP contribution in [0, 0.1) is 6.92 Å². The van der Waals surface area contributed by atoms with E-state index in [1.165, 1.54) is 0 Å². The second-order valence-corrected chi connectivity index (χ2v) is 7.80. The van der Waals surface area contributed by atoms with Crippen LogP contribution in [0.15, 0.2) is 18.2 Å². The van der Waals surface area contributed by atoms with Gasteiger partial charge in [-0.05, 0) is 64.2 Å². The number of methoxy groups -OCH3 is 1. The zero-order chi connectivity index (χ0) is 19.4. The molecule has 26 heavy (non-hydrogen) atoms. The molecule has 1 aromatic rings. The fourth-order valence-corrected chi connectivity index (χ4v) is 2.85. The van der Waals surface area contributed by atoms with Crippen LogP contribution in [0.3, 0.4) is 0 Å². The molecular formula is C20H30N2O4. The van der Waals surface area contributed by atoms with E-state index in [2.05, 4.69) is 10.6 Å². The number of rotatable bonds is 7. The van der Waals surface area contributed by atoms with Gasteiger partial charge in [-0.1, -0.05) is 12.1 Å². The molecule has 1 fully saturated rings. The molecule has 144 valence electrons. The topological polar surface area (TPSA) is 76.7 Å². The molecule has 1 aliphatic rings. The highest BCUT2D eigenvalue weighted by molar-refractivity contribution is 5.91. The Morgan fingerprint density at radius 3 is 2.38 bits per heavy atom. The fraction of sp³-hybridized carbons (Fsp3) is 0.600. The van der Waals surface area contributed by atoms with E-state index in [0.29, 0.717) is 19.5 Å². The van der Waals surface area contributed by atoms with Gasteiger partial charge < -0.3 is 20.1 Å². The normalized spacial score (nSPS) is 15.1. The number of ether oxygens (including phenoxy) is 2. The van der Waals surface area contributed by atoms with Crippen LogP contribution in [0.2, 0.25) is 0 Å². The first-order valence-electron chi connectivity index (χ1n) is 9.08. The summed E-state index contributed by atoms with van der Waals surface area (Å²) in [6.07, 6.45) is 1.91. The first kappa shape index (κ1) is 20.1. The lowest BCUT2D eigenvalue weighted by atomic mass is 9.93. The standard InChI is InChI=1S/C20H30N2O4/c1-14-7-8-15(13-16(14)25-5)20(9-10-20)17(23)21-11-6-12-22-18(24)26-19(2,3)4/h7-8,13H,6,9-12H2,1-5H3,(H,21,23)(H,22,24). The number of carbonyl (C=O) groups is 2. The summed E-state index contributed by atoms with van der Waals surface area (Å²) in [6.45, 7) is 8.42. The van der Waals surface area contributed by atoms with Gasteiger partial charge >= 0.3 is 6.09 Å². The van der Waals surface area contributed by atoms with Crippen molar-refractivity contribution < 1.29 is 19.1 Å². The molecule has 0 radical (unpaired) electrons. The van der Waals surface area contributed by atoms with Crippen LogP contribution in [0.4, 0.5) is 4.79 Å². The Bertz CT molecular complexity index is 660. The van der Waals surface area contributed by atoms with Crippen molar-refractivity contribution >= 4 is 12.0 Å². The maximum Gasteiger partial charge on any atom is 0.407 e. The summed E-state index contributed by atoms with van der Waals surface area (Å²) < 4.78 is 10.5. The minimum atomic E-state index is -0.508. The summed E-state index contributed by atoms with van der Waals surface area (Å²) in [5.74, 6) is 0.851. The number of alkyl carbamates (subject to hydrolysis) is 1. The van der Waals surface area contributed by atoms with Crippen molar-refractivity contribution in [3.8, 4) is 5.75 Å². The van der Waals surface area contributed by atoms with E-state index >= 15 is 0 Å². The maximum absolute atomic E-state index is 12.6. The second kappa shape index (κ2) is 7.98. The minimum absolute atomic E-state index is 0.0423. The van der Waals surface area contributed by atoms with Gasteiger partial charge in [-0.15, -0.1) is 0 Å². The molecule has 2 N–H and O–H groups in total. The van der Waals surface area contributed by atoms with Crippen LogP contribution < -0.4 is 15.4 Å². The van der Waals surface area contributed by atoms with Crippen LogP contribution in [-0.2, 0) is 14.9 Å². The molecule has 2 rings (SSSR count). The van der Waals surface area contributed by atoms with Crippen molar-refractivity contribution in [2.24, 2.45) is 0 Å². The van der Waals surface area contributed by atoms with E-state index in [0.717, 1.165) is 29.7 Å². The number of aryl methyl sites for hydroxylation is 1. The molecule has 6 nitrogen and oxygen atoms in total. The number of benzene rings is 1. The smallest absolute Gasteiger partial charge is 0.407 e. The summed E-state index contributed by atoms with van der Waals surface area (Å²) in [4.78, 5) is 24.2. The summed E-state index contributed by atoms with van der Waals surface area (Å²) in [5, 5.41) is 5.68. The molecule has 0 atom stereocenters. The molecule has 0 aliphatic heterocycles. The molecule has 0 bridgehead atoms. The molecule has 0 heterocycles. The fourth-order valence-electron chi connectivity index (χ4n) is 2.85. The van der Waals surface area contributed by atoms with Crippen LogP contribution in [-0.4, -0.2) is 37.8 Å². The van der Waals surface area contributed by atoms with Crippen molar-refractivity contribution in [2.45, 2.75) is 58.0 Å². The predicted molar refractivity (Wildman–Crippen MR) is 101 cm³/mol. The number of hydrogen-bond donors (Lipinski definition) is 2. The Labute approximate surface area is 155 Å². The Morgan fingerprint density at radius 2 is 1.81 bits per heavy atom. The molecule has 1 aromatic carbocycles. The van der Waals surface area contributed by atoms with E-state index in [1.54, 1.807) is 7.11 Å². The molecule has 2 amide bonds. The highest BCUT2D eigenvalue weighted by atomic mass is 16.6. The van der Waals surface area contributed by atoms with Crippen LogP contribution in [0.5, 0.6) is 5.75 Å². The van der Waals surface area contributed by atoms with Crippen LogP contribution >= 0.6 is 0 Å². The van der Waals surface area contributed by atoms with E-state index in [1.807, 2.05) is 45.9 Å². The Morgan fingerprint density at radius 1 is 1.15 bits per heavy atom. The van der Waals surface area contributed by atoms with Gasteiger partial charge in [-0.25, -0.2) is 4.79 Å². The van der Waals surface area contributed by atoms with Crippen molar-refractivity contribution in [1.29, 1.82) is 0 Å².